The van der Waals surface area contributed by atoms with E-state index < -0.39 is 11.2 Å². The Balaban J connectivity index is 2.90. The molecule has 0 saturated carbocycles. The minimum absolute atomic E-state index is 0.551. The van der Waals surface area contributed by atoms with Crippen LogP contribution >= 0.6 is 11.8 Å². The second-order valence-electron chi connectivity index (χ2n) is 3.43. The van der Waals surface area contributed by atoms with E-state index in [9.17, 15) is 4.79 Å². The number of aromatic nitrogens is 3. The lowest BCUT2D eigenvalue weighted by Gasteiger charge is -2.08. The highest BCUT2D eigenvalue weighted by Crippen LogP contribution is 2.22. The maximum Gasteiger partial charge on any atom is 0.316 e. The highest BCUT2D eigenvalue weighted by Gasteiger charge is 2.18. The van der Waals surface area contributed by atoms with Gasteiger partial charge in [-0.3, -0.25) is 4.79 Å². The summed E-state index contributed by atoms with van der Waals surface area (Å²) >= 11 is 1.18. The average molecular weight is 256 g/mol. The van der Waals surface area contributed by atoms with Crippen molar-refractivity contribution in [3.8, 4) is 0 Å². The number of thioether (sulfide) groups is 1. The van der Waals surface area contributed by atoms with Gasteiger partial charge in [-0.1, -0.05) is 17.8 Å². The van der Waals surface area contributed by atoms with Gasteiger partial charge in [-0.05, 0) is 14.0 Å². The van der Waals surface area contributed by atoms with Crippen molar-refractivity contribution in [1.82, 2.24) is 20.1 Å². The molecule has 0 fully saturated rings. The molecule has 1 atom stereocenters. The Morgan fingerprint density at radius 3 is 2.94 bits per heavy atom. The molecular weight excluding hydrogens is 240 g/mol. The molecule has 0 aliphatic rings. The highest BCUT2D eigenvalue weighted by molar-refractivity contribution is 8.00. The fourth-order valence-electron chi connectivity index (χ4n) is 1.22. The van der Waals surface area contributed by atoms with Gasteiger partial charge in [-0.25, -0.2) is 0 Å². The largest absolute Gasteiger partial charge is 0.480 e. The third-order valence-corrected chi connectivity index (χ3v) is 3.14. The van der Waals surface area contributed by atoms with Crippen molar-refractivity contribution in [1.29, 1.82) is 0 Å². The normalized spacial score (nSPS) is 12.4. The molecule has 94 valence electrons. The molecule has 0 aliphatic carbocycles. The highest BCUT2D eigenvalue weighted by atomic mass is 32.2. The molecule has 0 spiro atoms. The molecule has 1 aromatic rings. The minimum atomic E-state index is -0.863. The zero-order valence-corrected chi connectivity index (χ0v) is 10.7. The Labute approximate surface area is 104 Å². The molecule has 0 saturated heterocycles. The van der Waals surface area contributed by atoms with Crippen molar-refractivity contribution < 1.29 is 9.90 Å². The van der Waals surface area contributed by atoms with Crippen molar-refractivity contribution in [2.24, 2.45) is 0 Å². The van der Waals surface area contributed by atoms with Crippen molar-refractivity contribution in [3.63, 3.8) is 0 Å². The maximum atomic E-state index is 10.8. The van der Waals surface area contributed by atoms with Gasteiger partial charge in [0.15, 0.2) is 5.16 Å². The van der Waals surface area contributed by atoms with Gasteiger partial charge in [0.05, 0.1) is 6.54 Å². The molecule has 0 radical (unpaired) electrons. The van der Waals surface area contributed by atoms with Crippen LogP contribution in [0.1, 0.15) is 12.7 Å². The van der Waals surface area contributed by atoms with Gasteiger partial charge in [-0.2, -0.15) is 0 Å². The third-order valence-electron chi connectivity index (χ3n) is 2.07. The summed E-state index contributed by atoms with van der Waals surface area (Å²) in [5.74, 6) is -0.0918. The SMILES string of the molecule is C=CCn1c(CNC)nnc1SC(C)C(=O)O. The number of hydrogen-bond acceptors (Lipinski definition) is 5. The van der Waals surface area contributed by atoms with Crippen LogP contribution in [0.5, 0.6) is 0 Å². The first-order valence-electron chi connectivity index (χ1n) is 5.17. The van der Waals surface area contributed by atoms with Crippen LogP contribution in [0.3, 0.4) is 0 Å². The van der Waals surface area contributed by atoms with E-state index in [0.29, 0.717) is 18.2 Å². The predicted molar refractivity (Wildman–Crippen MR) is 65.9 cm³/mol. The van der Waals surface area contributed by atoms with Gasteiger partial charge >= 0.3 is 5.97 Å². The summed E-state index contributed by atoms with van der Waals surface area (Å²) in [4.78, 5) is 10.8. The number of carboxylic acids is 1. The smallest absolute Gasteiger partial charge is 0.316 e. The molecule has 1 heterocycles. The summed E-state index contributed by atoms with van der Waals surface area (Å²) in [6, 6.07) is 0. The zero-order valence-electron chi connectivity index (χ0n) is 9.88. The van der Waals surface area contributed by atoms with Gasteiger partial charge in [0.1, 0.15) is 11.1 Å². The van der Waals surface area contributed by atoms with Gasteiger partial charge in [0.25, 0.3) is 0 Å². The van der Waals surface area contributed by atoms with Crippen LogP contribution in [0.2, 0.25) is 0 Å². The zero-order chi connectivity index (χ0) is 12.8. The van der Waals surface area contributed by atoms with E-state index in [-0.39, 0.29) is 0 Å². The molecule has 0 aliphatic heterocycles. The first kappa shape index (κ1) is 13.7. The quantitative estimate of drug-likeness (QED) is 0.553. The molecule has 7 heteroatoms. The van der Waals surface area contributed by atoms with E-state index in [1.54, 1.807) is 13.0 Å². The molecule has 1 rings (SSSR count). The molecule has 1 unspecified atom stereocenters. The first-order chi connectivity index (χ1) is 8.10. The van der Waals surface area contributed by atoms with Gasteiger partial charge in [-0.15, -0.1) is 16.8 Å². The monoisotopic (exact) mass is 256 g/mol. The second kappa shape index (κ2) is 6.41. The molecule has 17 heavy (non-hydrogen) atoms. The first-order valence-corrected chi connectivity index (χ1v) is 6.05. The summed E-state index contributed by atoms with van der Waals surface area (Å²) in [6.45, 7) is 6.45. The van der Waals surface area contributed by atoms with Crippen LogP contribution in [-0.2, 0) is 17.9 Å². The van der Waals surface area contributed by atoms with Crippen molar-refractivity contribution in [2.45, 2.75) is 30.4 Å². The van der Waals surface area contributed by atoms with E-state index >= 15 is 0 Å². The van der Waals surface area contributed by atoms with Crippen molar-refractivity contribution in [2.75, 3.05) is 7.05 Å². The van der Waals surface area contributed by atoms with Gasteiger partial charge in [0.2, 0.25) is 0 Å². The number of nitrogens with zero attached hydrogens (tertiary/aromatic N) is 3. The number of carbonyl (C=O) groups is 1. The Bertz CT molecular complexity index is 405. The van der Waals surface area contributed by atoms with Crippen LogP contribution in [0.4, 0.5) is 0 Å². The van der Waals surface area contributed by atoms with Crippen molar-refractivity contribution in [3.05, 3.63) is 18.5 Å². The molecule has 0 aromatic carbocycles. The average Bonchev–Trinajstić information content (AvgIpc) is 2.63. The number of nitrogens with one attached hydrogen (secondary N) is 1. The van der Waals surface area contributed by atoms with Crippen LogP contribution < -0.4 is 5.32 Å². The number of aliphatic carboxylic acids is 1. The maximum absolute atomic E-state index is 10.8. The summed E-state index contributed by atoms with van der Waals surface area (Å²) in [5, 5.41) is 19.9. The lowest BCUT2D eigenvalue weighted by Crippen LogP contribution is -2.15. The molecule has 1 aromatic heterocycles. The Morgan fingerprint density at radius 1 is 1.71 bits per heavy atom. The molecule has 0 bridgehead atoms. The topological polar surface area (TPSA) is 80.0 Å². The third kappa shape index (κ3) is 3.57. The lowest BCUT2D eigenvalue weighted by molar-refractivity contribution is -0.136. The summed E-state index contributed by atoms with van der Waals surface area (Å²) in [6.07, 6.45) is 1.73. The van der Waals surface area contributed by atoms with E-state index in [2.05, 4.69) is 22.1 Å². The summed E-state index contributed by atoms with van der Waals surface area (Å²) < 4.78 is 1.85. The molecule has 6 nitrogen and oxygen atoms in total. The number of allylic oxidation sites excluding steroid dienone is 1. The van der Waals surface area contributed by atoms with Crippen molar-refractivity contribution >= 4 is 17.7 Å². The summed E-state index contributed by atoms with van der Waals surface area (Å²) in [5.41, 5.74) is 0. The Hall–Kier alpha value is -1.34. The lowest BCUT2D eigenvalue weighted by atomic mass is 10.5. The number of rotatable bonds is 7. The number of carboxylic acid groups (broad SMARTS) is 1. The van der Waals surface area contributed by atoms with Crippen LogP contribution in [0, 0.1) is 0 Å². The molecule has 2 N–H and O–H groups in total. The summed E-state index contributed by atoms with van der Waals surface area (Å²) in [7, 11) is 1.82. The van der Waals surface area contributed by atoms with E-state index in [1.807, 2.05) is 11.6 Å². The van der Waals surface area contributed by atoms with Gasteiger partial charge < -0.3 is 15.0 Å². The van der Waals surface area contributed by atoms with Crippen LogP contribution in [-0.4, -0.2) is 38.1 Å². The molecule has 0 amide bonds. The van der Waals surface area contributed by atoms with E-state index in [1.165, 1.54) is 11.8 Å². The van der Waals surface area contributed by atoms with E-state index in [0.717, 1.165) is 5.82 Å². The molecular formula is C10H16N4O2S. The second-order valence-corrected chi connectivity index (χ2v) is 4.73. The minimum Gasteiger partial charge on any atom is -0.480 e. The fourth-order valence-corrected chi connectivity index (χ4v) is 2.03. The van der Waals surface area contributed by atoms with E-state index in [4.69, 9.17) is 5.11 Å². The Morgan fingerprint density at radius 2 is 2.41 bits per heavy atom. The van der Waals surface area contributed by atoms with Gasteiger partial charge in [0, 0.05) is 6.54 Å². The van der Waals surface area contributed by atoms with Crippen LogP contribution in [0.25, 0.3) is 0 Å². The van der Waals surface area contributed by atoms with Crippen LogP contribution in [0.15, 0.2) is 17.8 Å². The Kier molecular flexibility index (Phi) is 5.17. The predicted octanol–water partition coefficient (Wildman–Crippen LogP) is 0.749. The number of hydrogen-bond donors (Lipinski definition) is 2. The fraction of sp³-hybridized carbons (Fsp3) is 0.500. The standard InChI is InChI=1S/C10H16N4O2S/c1-4-5-14-8(6-11-3)12-13-10(14)17-7(2)9(15)16/h4,7,11H,1,5-6H2,2-3H3,(H,15,16).